The van der Waals surface area contributed by atoms with Crippen LogP contribution < -0.4 is 4.74 Å². The molecule has 1 atom stereocenters. The van der Waals surface area contributed by atoms with Crippen molar-refractivity contribution in [3.8, 4) is 5.75 Å². The van der Waals surface area contributed by atoms with Gasteiger partial charge in [-0.1, -0.05) is 32.9 Å². The Labute approximate surface area is 192 Å². The minimum Gasteiger partial charge on any atom is -0.484 e. The van der Waals surface area contributed by atoms with Gasteiger partial charge in [-0.2, -0.15) is 13.2 Å². The minimum absolute atomic E-state index is 0.0404. The van der Waals surface area contributed by atoms with Crippen LogP contribution in [-0.2, 0) is 27.9 Å². The number of hydrogen-bond acceptors (Lipinski definition) is 5. The van der Waals surface area contributed by atoms with Crippen molar-refractivity contribution in [3.05, 3.63) is 47.8 Å². The molecule has 1 unspecified atom stereocenters. The fourth-order valence-corrected chi connectivity index (χ4v) is 4.54. The first kappa shape index (κ1) is 24.9. The molecule has 2 aromatic heterocycles. The molecule has 0 fully saturated rings. The zero-order valence-corrected chi connectivity index (χ0v) is 19.7. The zero-order valence-electron chi connectivity index (χ0n) is 18.9. The highest BCUT2D eigenvalue weighted by molar-refractivity contribution is 7.84. The standard InChI is InChI=1S/C23H26F3N3O3S/c1-15-17(27-11-9-19(15)32-14-23(24,25)26)13-33(31)21-28-16-7-5-6-8-18(16)29(21)12-10-20(30)22(2,3)4/h5-9,11H,10,12-14H2,1-4H3. The molecular formula is C23H26F3N3O3S. The Kier molecular flexibility index (Phi) is 7.26. The number of carbonyl (C=O) groups is 1. The van der Waals surface area contributed by atoms with E-state index in [2.05, 4.69) is 9.97 Å². The van der Waals surface area contributed by atoms with Gasteiger partial charge in [0.05, 0.1) is 33.3 Å². The number of rotatable bonds is 8. The molecule has 3 rings (SSSR count). The molecule has 0 bridgehead atoms. The van der Waals surface area contributed by atoms with Crippen LogP contribution in [0.1, 0.15) is 38.4 Å². The number of para-hydroxylation sites is 2. The average molecular weight is 482 g/mol. The van der Waals surface area contributed by atoms with Gasteiger partial charge in [0.15, 0.2) is 11.8 Å². The van der Waals surface area contributed by atoms with Crippen LogP contribution in [0.25, 0.3) is 11.0 Å². The van der Waals surface area contributed by atoms with Crippen molar-refractivity contribution in [1.82, 2.24) is 14.5 Å². The quantitative estimate of drug-likeness (QED) is 0.453. The fraction of sp³-hybridized carbons (Fsp3) is 0.435. The number of pyridine rings is 1. The summed E-state index contributed by atoms with van der Waals surface area (Å²) >= 11 is 0. The summed E-state index contributed by atoms with van der Waals surface area (Å²) in [6, 6.07) is 8.65. The lowest BCUT2D eigenvalue weighted by Crippen LogP contribution is -2.22. The van der Waals surface area contributed by atoms with Crippen molar-refractivity contribution < 1.29 is 26.9 Å². The number of fused-ring (bicyclic) bond motifs is 1. The van der Waals surface area contributed by atoms with Gasteiger partial charge in [-0.15, -0.1) is 0 Å². The summed E-state index contributed by atoms with van der Waals surface area (Å²) in [5.74, 6) is 0.0635. The third-order valence-corrected chi connectivity index (χ3v) is 6.39. The maximum Gasteiger partial charge on any atom is 0.422 e. The van der Waals surface area contributed by atoms with E-state index in [0.29, 0.717) is 28.5 Å². The van der Waals surface area contributed by atoms with E-state index in [9.17, 15) is 22.2 Å². The van der Waals surface area contributed by atoms with E-state index in [0.717, 1.165) is 5.52 Å². The highest BCUT2D eigenvalue weighted by Gasteiger charge is 2.29. The van der Waals surface area contributed by atoms with Gasteiger partial charge in [0, 0.05) is 30.1 Å². The van der Waals surface area contributed by atoms with E-state index in [1.165, 1.54) is 12.3 Å². The second kappa shape index (κ2) is 9.62. The van der Waals surface area contributed by atoms with Crippen LogP contribution in [0, 0.1) is 12.3 Å². The molecule has 178 valence electrons. The van der Waals surface area contributed by atoms with Gasteiger partial charge in [0.1, 0.15) is 11.5 Å². The van der Waals surface area contributed by atoms with E-state index in [4.69, 9.17) is 4.74 Å². The smallest absolute Gasteiger partial charge is 0.422 e. The molecule has 0 aliphatic carbocycles. The third-order valence-electron chi connectivity index (χ3n) is 5.14. The highest BCUT2D eigenvalue weighted by atomic mass is 32.2. The Morgan fingerprint density at radius 1 is 1.15 bits per heavy atom. The third kappa shape index (κ3) is 6.19. The SMILES string of the molecule is Cc1c(OCC(F)(F)F)ccnc1CS(=O)c1nc2ccccc2n1CCC(=O)C(C)(C)C. The molecule has 0 N–H and O–H groups in total. The monoisotopic (exact) mass is 481 g/mol. The number of alkyl halides is 3. The zero-order chi connectivity index (χ0) is 24.4. The topological polar surface area (TPSA) is 74.1 Å². The molecule has 0 saturated carbocycles. The predicted molar refractivity (Wildman–Crippen MR) is 119 cm³/mol. The maximum atomic E-state index is 13.3. The predicted octanol–water partition coefficient (Wildman–Crippen LogP) is 4.99. The van der Waals surface area contributed by atoms with Crippen molar-refractivity contribution in [3.63, 3.8) is 0 Å². The number of halogens is 3. The summed E-state index contributed by atoms with van der Waals surface area (Å²) < 4.78 is 57.5. The molecule has 10 heteroatoms. The summed E-state index contributed by atoms with van der Waals surface area (Å²) in [7, 11) is -1.65. The van der Waals surface area contributed by atoms with E-state index in [1.807, 2.05) is 39.0 Å². The molecule has 33 heavy (non-hydrogen) atoms. The summed E-state index contributed by atoms with van der Waals surface area (Å²) in [6.07, 6.45) is -2.88. The Hall–Kier alpha value is -2.75. The molecular weight excluding hydrogens is 455 g/mol. The van der Waals surface area contributed by atoms with Crippen molar-refractivity contribution in [2.75, 3.05) is 6.61 Å². The lowest BCUT2D eigenvalue weighted by molar-refractivity contribution is -0.153. The van der Waals surface area contributed by atoms with E-state index >= 15 is 0 Å². The first-order chi connectivity index (χ1) is 15.4. The number of aromatic nitrogens is 3. The van der Waals surface area contributed by atoms with Gasteiger partial charge in [0.2, 0.25) is 0 Å². The van der Waals surface area contributed by atoms with E-state index in [-0.39, 0.29) is 23.7 Å². The lowest BCUT2D eigenvalue weighted by atomic mass is 9.89. The average Bonchev–Trinajstić information content (AvgIpc) is 3.10. The first-order valence-corrected chi connectivity index (χ1v) is 11.7. The molecule has 2 heterocycles. The molecule has 1 aromatic carbocycles. The van der Waals surface area contributed by atoms with Crippen molar-refractivity contribution in [1.29, 1.82) is 0 Å². The molecule has 0 amide bonds. The number of ketones is 1. The highest BCUT2D eigenvalue weighted by Crippen LogP contribution is 2.26. The molecule has 6 nitrogen and oxygen atoms in total. The molecule has 0 aliphatic heterocycles. The minimum atomic E-state index is -4.46. The summed E-state index contributed by atoms with van der Waals surface area (Å²) in [5, 5.41) is 0.292. The fourth-order valence-electron chi connectivity index (χ4n) is 3.24. The Balaban J connectivity index is 1.88. The molecule has 0 spiro atoms. The number of ether oxygens (including phenoxy) is 1. The molecule has 3 aromatic rings. The molecule has 0 radical (unpaired) electrons. The number of carbonyl (C=O) groups excluding carboxylic acids is 1. The van der Waals surface area contributed by atoms with Crippen LogP contribution >= 0.6 is 0 Å². The second-order valence-corrected chi connectivity index (χ2v) is 10.1. The Morgan fingerprint density at radius 3 is 2.52 bits per heavy atom. The Morgan fingerprint density at radius 2 is 1.85 bits per heavy atom. The van der Waals surface area contributed by atoms with Gasteiger partial charge in [-0.3, -0.25) is 14.0 Å². The van der Waals surface area contributed by atoms with Crippen molar-refractivity contribution in [2.45, 2.75) is 57.7 Å². The summed E-state index contributed by atoms with van der Waals surface area (Å²) in [6.45, 7) is 6.03. The van der Waals surface area contributed by atoms with E-state index < -0.39 is 29.0 Å². The van der Waals surface area contributed by atoms with Crippen LogP contribution in [0.15, 0.2) is 41.7 Å². The van der Waals surface area contributed by atoms with E-state index in [1.54, 1.807) is 17.6 Å². The number of Topliss-reactive ketones (excluding diaryl/α,β-unsaturated/α-hetero) is 1. The van der Waals surface area contributed by atoms with Crippen LogP contribution in [0.2, 0.25) is 0 Å². The Bertz CT molecular complexity index is 1180. The largest absolute Gasteiger partial charge is 0.484 e. The van der Waals surface area contributed by atoms with Crippen LogP contribution in [-0.4, -0.2) is 37.3 Å². The summed E-state index contributed by atoms with van der Waals surface area (Å²) in [4.78, 5) is 21.2. The lowest BCUT2D eigenvalue weighted by Gasteiger charge is -2.17. The number of benzene rings is 1. The van der Waals surface area contributed by atoms with Gasteiger partial charge >= 0.3 is 6.18 Å². The maximum absolute atomic E-state index is 13.3. The van der Waals surface area contributed by atoms with Crippen LogP contribution in [0.3, 0.4) is 0 Å². The number of nitrogens with zero attached hydrogens (tertiary/aromatic N) is 3. The van der Waals surface area contributed by atoms with Gasteiger partial charge < -0.3 is 9.30 Å². The number of imidazole rings is 1. The van der Waals surface area contributed by atoms with Crippen LogP contribution in [0.4, 0.5) is 13.2 Å². The van der Waals surface area contributed by atoms with Gasteiger partial charge in [-0.05, 0) is 25.1 Å². The normalized spacial score (nSPS) is 13.3. The van der Waals surface area contributed by atoms with Crippen molar-refractivity contribution in [2.24, 2.45) is 5.41 Å². The van der Waals surface area contributed by atoms with Gasteiger partial charge in [-0.25, -0.2) is 4.98 Å². The molecule has 0 saturated heterocycles. The van der Waals surface area contributed by atoms with Gasteiger partial charge in [0.25, 0.3) is 0 Å². The summed E-state index contributed by atoms with van der Waals surface area (Å²) in [5.41, 5.74) is 1.66. The molecule has 0 aliphatic rings. The second-order valence-electron chi connectivity index (χ2n) is 8.73. The van der Waals surface area contributed by atoms with Crippen molar-refractivity contribution >= 4 is 27.6 Å². The number of hydrogen-bond donors (Lipinski definition) is 0. The number of aryl methyl sites for hydroxylation is 1. The first-order valence-electron chi connectivity index (χ1n) is 10.4. The van der Waals surface area contributed by atoms with Crippen LogP contribution in [0.5, 0.6) is 5.75 Å².